The van der Waals surface area contributed by atoms with Crippen LogP contribution in [0.15, 0.2) is 11.0 Å². The fraction of sp³-hybridized carbons (Fsp3) is 0.556. The molecule has 1 aromatic rings. The molecule has 1 aliphatic heterocycles. The summed E-state index contributed by atoms with van der Waals surface area (Å²) >= 11 is 0. The van der Waals surface area contributed by atoms with E-state index in [4.69, 9.17) is 15.6 Å². The zero-order chi connectivity index (χ0) is 13.5. The van der Waals surface area contributed by atoms with Crippen molar-refractivity contribution in [2.75, 3.05) is 12.3 Å². The number of nitrogens with two attached hydrogens (primary N) is 1. The number of nitrogens with one attached hydrogen (secondary N) is 1. The van der Waals surface area contributed by atoms with Gasteiger partial charge in [0.2, 0.25) is 0 Å². The first-order valence-electron chi connectivity index (χ1n) is 5.04. The fourth-order valence-corrected chi connectivity index (χ4v) is 1.79. The number of halogens is 2. The lowest BCUT2D eigenvalue weighted by atomic mass is 10.0. The van der Waals surface area contributed by atoms with Gasteiger partial charge in [-0.05, 0) is 0 Å². The van der Waals surface area contributed by atoms with Crippen LogP contribution in [0.2, 0.25) is 0 Å². The average Bonchev–Trinajstić information content (AvgIpc) is 2.52. The predicted octanol–water partition coefficient (Wildman–Crippen LogP) is -1.22. The van der Waals surface area contributed by atoms with E-state index < -0.39 is 36.5 Å². The molecule has 0 amide bonds. The molecule has 3 atom stereocenters. The number of rotatable bonds is 2. The van der Waals surface area contributed by atoms with Gasteiger partial charge >= 0.3 is 11.6 Å². The number of aromatic amines is 1. The molecule has 7 nitrogen and oxygen atoms in total. The van der Waals surface area contributed by atoms with E-state index in [1.54, 1.807) is 0 Å². The van der Waals surface area contributed by atoms with Crippen molar-refractivity contribution in [1.82, 2.24) is 9.97 Å². The molecule has 1 aromatic heterocycles. The first-order valence-corrected chi connectivity index (χ1v) is 5.04. The van der Waals surface area contributed by atoms with E-state index >= 15 is 0 Å². The summed E-state index contributed by atoms with van der Waals surface area (Å²) in [5, 5.41) is 18.1. The SMILES string of the molecule is Nc1[nH]c(=O)ncc1C1OC(CO)C(O)C1(F)F. The molecule has 1 saturated heterocycles. The standard InChI is InChI=1S/C9H11F2N3O4/c10-9(11)5(16)4(2-15)18-6(9)3-1-13-8(17)14-7(3)12/h1,4-6,15-16H,2H2,(H3,12,13,14,17). The first kappa shape index (κ1) is 12.9. The second-order valence-corrected chi connectivity index (χ2v) is 3.91. The normalized spacial score (nSPS) is 30.6. The van der Waals surface area contributed by atoms with Crippen LogP contribution in [-0.2, 0) is 4.74 Å². The van der Waals surface area contributed by atoms with Crippen molar-refractivity contribution in [2.24, 2.45) is 0 Å². The summed E-state index contributed by atoms with van der Waals surface area (Å²) in [7, 11) is 0. The summed E-state index contributed by atoms with van der Waals surface area (Å²) in [5.74, 6) is -3.95. The molecule has 2 heterocycles. The highest BCUT2D eigenvalue weighted by molar-refractivity contribution is 5.40. The molecule has 0 saturated carbocycles. The van der Waals surface area contributed by atoms with Crippen LogP contribution in [0.25, 0.3) is 0 Å². The van der Waals surface area contributed by atoms with Gasteiger partial charge in [0, 0.05) is 11.8 Å². The molecule has 1 fully saturated rings. The summed E-state index contributed by atoms with van der Waals surface area (Å²) in [6.07, 6.45) is -4.58. The van der Waals surface area contributed by atoms with E-state index in [0.717, 1.165) is 6.20 Å². The molecule has 0 radical (unpaired) electrons. The molecular weight excluding hydrogens is 252 g/mol. The summed E-state index contributed by atoms with van der Waals surface area (Å²) in [4.78, 5) is 16.2. The maximum atomic E-state index is 13.7. The zero-order valence-corrected chi connectivity index (χ0v) is 9.01. The van der Waals surface area contributed by atoms with Crippen LogP contribution in [0.5, 0.6) is 0 Å². The number of H-pyrrole nitrogens is 1. The van der Waals surface area contributed by atoms with E-state index in [0.29, 0.717) is 0 Å². The molecule has 0 bridgehead atoms. The number of aliphatic hydroxyl groups excluding tert-OH is 2. The Labute approximate surface area is 99.2 Å². The summed E-state index contributed by atoms with van der Waals surface area (Å²) in [5.41, 5.74) is 4.38. The van der Waals surface area contributed by atoms with E-state index in [9.17, 15) is 18.7 Å². The van der Waals surface area contributed by atoms with Gasteiger partial charge in [-0.15, -0.1) is 0 Å². The van der Waals surface area contributed by atoms with Gasteiger partial charge in [0.15, 0.2) is 6.10 Å². The highest BCUT2D eigenvalue weighted by Gasteiger charge is 2.59. The molecular formula is C9H11F2N3O4. The van der Waals surface area contributed by atoms with Gasteiger partial charge < -0.3 is 20.7 Å². The molecule has 1 aliphatic rings. The van der Waals surface area contributed by atoms with Crippen molar-refractivity contribution in [1.29, 1.82) is 0 Å². The topological polar surface area (TPSA) is 121 Å². The fourth-order valence-electron chi connectivity index (χ4n) is 1.79. The molecule has 0 aliphatic carbocycles. The number of ether oxygens (including phenoxy) is 1. The molecule has 5 N–H and O–H groups in total. The Bertz CT molecular complexity index is 507. The number of anilines is 1. The molecule has 18 heavy (non-hydrogen) atoms. The molecule has 100 valence electrons. The minimum absolute atomic E-state index is 0.241. The predicted molar refractivity (Wildman–Crippen MR) is 54.9 cm³/mol. The van der Waals surface area contributed by atoms with Crippen molar-refractivity contribution in [2.45, 2.75) is 24.2 Å². The highest BCUT2D eigenvalue weighted by atomic mass is 19.3. The Hall–Kier alpha value is -1.58. The highest BCUT2D eigenvalue weighted by Crippen LogP contribution is 2.46. The van der Waals surface area contributed by atoms with Crippen molar-refractivity contribution in [3.05, 3.63) is 22.2 Å². The van der Waals surface area contributed by atoms with Crippen LogP contribution < -0.4 is 11.4 Å². The van der Waals surface area contributed by atoms with Gasteiger partial charge in [-0.25, -0.2) is 18.6 Å². The zero-order valence-electron chi connectivity index (χ0n) is 9.01. The van der Waals surface area contributed by atoms with Gasteiger partial charge in [0.05, 0.1) is 6.61 Å². The number of hydrogen-bond acceptors (Lipinski definition) is 6. The summed E-state index contributed by atoms with van der Waals surface area (Å²) < 4.78 is 32.3. The number of aliphatic hydroxyl groups is 2. The molecule has 0 aromatic carbocycles. The second kappa shape index (κ2) is 4.26. The number of nitrogen functional groups attached to an aromatic ring is 1. The average molecular weight is 263 g/mol. The Kier molecular flexibility index (Phi) is 3.05. The number of nitrogens with zero attached hydrogens (tertiary/aromatic N) is 1. The first-order chi connectivity index (χ1) is 8.37. The van der Waals surface area contributed by atoms with Crippen molar-refractivity contribution in [3.63, 3.8) is 0 Å². The van der Waals surface area contributed by atoms with E-state index in [2.05, 4.69) is 9.97 Å². The molecule has 9 heteroatoms. The molecule has 0 spiro atoms. The Balaban J connectivity index is 2.42. The Morgan fingerprint density at radius 2 is 2.28 bits per heavy atom. The third-order valence-corrected chi connectivity index (χ3v) is 2.74. The van der Waals surface area contributed by atoms with Crippen LogP contribution in [0.3, 0.4) is 0 Å². The van der Waals surface area contributed by atoms with Crippen molar-refractivity contribution < 1.29 is 23.7 Å². The van der Waals surface area contributed by atoms with Gasteiger partial charge in [-0.1, -0.05) is 0 Å². The van der Waals surface area contributed by atoms with Gasteiger partial charge in [-0.2, -0.15) is 0 Å². The number of hydrogen-bond donors (Lipinski definition) is 4. The molecule has 3 unspecified atom stereocenters. The number of aromatic nitrogens is 2. The monoisotopic (exact) mass is 263 g/mol. The van der Waals surface area contributed by atoms with Crippen LogP contribution in [0, 0.1) is 0 Å². The number of alkyl halides is 2. The van der Waals surface area contributed by atoms with Crippen molar-refractivity contribution >= 4 is 5.82 Å². The van der Waals surface area contributed by atoms with Crippen LogP contribution in [0.1, 0.15) is 11.7 Å². The smallest absolute Gasteiger partial charge is 0.346 e. The third-order valence-electron chi connectivity index (χ3n) is 2.74. The maximum Gasteiger partial charge on any atom is 0.346 e. The van der Waals surface area contributed by atoms with E-state index in [1.807, 2.05) is 0 Å². The largest absolute Gasteiger partial charge is 0.394 e. The lowest BCUT2D eigenvalue weighted by molar-refractivity contribution is -0.113. The van der Waals surface area contributed by atoms with E-state index in [-0.39, 0.29) is 11.4 Å². The summed E-state index contributed by atoms with van der Waals surface area (Å²) in [6, 6.07) is 0. The third kappa shape index (κ3) is 1.85. The van der Waals surface area contributed by atoms with Gasteiger partial charge in [0.1, 0.15) is 18.0 Å². The van der Waals surface area contributed by atoms with Gasteiger partial charge in [0.25, 0.3) is 0 Å². The van der Waals surface area contributed by atoms with Crippen LogP contribution in [0.4, 0.5) is 14.6 Å². The van der Waals surface area contributed by atoms with Crippen LogP contribution >= 0.6 is 0 Å². The van der Waals surface area contributed by atoms with Gasteiger partial charge in [-0.3, -0.25) is 4.98 Å². The second-order valence-electron chi connectivity index (χ2n) is 3.91. The minimum atomic E-state index is -3.64. The van der Waals surface area contributed by atoms with Crippen molar-refractivity contribution in [3.8, 4) is 0 Å². The summed E-state index contributed by atoms with van der Waals surface area (Å²) in [6.45, 7) is -0.760. The Morgan fingerprint density at radius 3 is 2.78 bits per heavy atom. The van der Waals surface area contributed by atoms with Crippen LogP contribution in [-0.4, -0.2) is 44.9 Å². The molecule has 2 rings (SSSR count). The Morgan fingerprint density at radius 1 is 1.61 bits per heavy atom. The maximum absolute atomic E-state index is 13.7. The quantitative estimate of drug-likeness (QED) is 0.530. The van der Waals surface area contributed by atoms with E-state index in [1.165, 1.54) is 0 Å². The lowest BCUT2D eigenvalue weighted by Crippen LogP contribution is -2.38. The minimum Gasteiger partial charge on any atom is -0.394 e. The lowest BCUT2D eigenvalue weighted by Gasteiger charge is -2.20.